The summed E-state index contributed by atoms with van der Waals surface area (Å²) in [6.07, 6.45) is 1.68. The van der Waals surface area contributed by atoms with Gasteiger partial charge in [-0.05, 0) is 55.3 Å². The first-order valence-corrected chi connectivity index (χ1v) is 13.7. The van der Waals surface area contributed by atoms with Gasteiger partial charge in [-0.25, -0.2) is 16.8 Å². The summed E-state index contributed by atoms with van der Waals surface area (Å²) in [6.45, 7) is 2.09. The number of hydrogen-bond acceptors (Lipinski definition) is 6. The molecular formula is C21H24ClN3O6S2. The van der Waals surface area contributed by atoms with E-state index in [-0.39, 0.29) is 33.5 Å². The number of carbonyl (C=O) groups excluding carboxylic acids is 1. The van der Waals surface area contributed by atoms with E-state index in [1.807, 2.05) is 0 Å². The third-order valence-corrected chi connectivity index (χ3v) is 9.74. The molecule has 12 heteroatoms. The van der Waals surface area contributed by atoms with Crippen molar-refractivity contribution in [3.8, 4) is 0 Å². The monoisotopic (exact) mass is 513 g/mol. The van der Waals surface area contributed by atoms with Crippen molar-refractivity contribution >= 4 is 43.2 Å². The van der Waals surface area contributed by atoms with Crippen LogP contribution in [0.1, 0.15) is 23.2 Å². The lowest BCUT2D eigenvalue weighted by atomic mass is 10.2. The Morgan fingerprint density at radius 1 is 0.818 bits per heavy atom. The van der Waals surface area contributed by atoms with Crippen LogP contribution in [-0.2, 0) is 24.8 Å². The molecule has 33 heavy (non-hydrogen) atoms. The zero-order valence-electron chi connectivity index (χ0n) is 17.7. The van der Waals surface area contributed by atoms with Gasteiger partial charge >= 0.3 is 0 Å². The maximum atomic E-state index is 12.9. The number of ether oxygens (including phenoxy) is 1. The minimum atomic E-state index is -3.79. The molecule has 1 N–H and O–H groups in total. The molecule has 0 bridgehead atoms. The molecule has 0 saturated carbocycles. The number of rotatable bonds is 6. The maximum Gasteiger partial charge on any atom is 0.257 e. The van der Waals surface area contributed by atoms with Crippen LogP contribution in [0.25, 0.3) is 0 Å². The standard InChI is InChI=1S/C21H24ClN3O6S2/c22-20-8-7-18(33(29,30)25-11-13-31-14-12-25)15-19(20)21(26)23-16-3-5-17(6-4-16)32(27,28)24-9-1-2-10-24/h3-8,15H,1-2,9-14H2,(H,23,26). The fraction of sp³-hybridized carbons (Fsp3) is 0.381. The Morgan fingerprint density at radius 2 is 1.36 bits per heavy atom. The van der Waals surface area contributed by atoms with Crippen molar-refractivity contribution in [3.63, 3.8) is 0 Å². The lowest BCUT2D eigenvalue weighted by Crippen LogP contribution is -2.40. The van der Waals surface area contributed by atoms with Gasteiger partial charge in [0.25, 0.3) is 5.91 Å². The molecule has 2 heterocycles. The average molecular weight is 514 g/mol. The molecule has 2 aromatic rings. The highest BCUT2D eigenvalue weighted by Crippen LogP contribution is 2.26. The molecule has 178 valence electrons. The van der Waals surface area contributed by atoms with E-state index in [1.165, 1.54) is 51.1 Å². The van der Waals surface area contributed by atoms with Gasteiger partial charge < -0.3 is 10.1 Å². The van der Waals surface area contributed by atoms with Crippen molar-refractivity contribution in [1.29, 1.82) is 0 Å². The Bertz CT molecular complexity index is 1240. The summed E-state index contributed by atoms with van der Waals surface area (Å²) in [7, 11) is -7.35. The maximum absolute atomic E-state index is 12.9. The van der Waals surface area contributed by atoms with Crippen molar-refractivity contribution in [2.75, 3.05) is 44.7 Å². The van der Waals surface area contributed by atoms with Crippen LogP contribution in [0.4, 0.5) is 5.69 Å². The zero-order chi connectivity index (χ0) is 23.6. The first kappa shape index (κ1) is 24.1. The van der Waals surface area contributed by atoms with E-state index in [0.717, 1.165) is 12.8 Å². The highest BCUT2D eigenvalue weighted by atomic mass is 35.5. The number of halogens is 1. The molecule has 0 radical (unpaired) electrons. The Kier molecular flexibility index (Phi) is 7.08. The summed E-state index contributed by atoms with van der Waals surface area (Å²) in [5.74, 6) is -0.603. The van der Waals surface area contributed by atoms with Crippen molar-refractivity contribution < 1.29 is 26.4 Å². The minimum absolute atomic E-state index is 0.000217. The lowest BCUT2D eigenvalue weighted by molar-refractivity contribution is 0.0730. The van der Waals surface area contributed by atoms with Gasteiger partial charge in [0.05, 0.1) is 33.6 Å². The first-order valence-electron chi connectivity index (χ1n) is 10.5. The van der Waals surface area contributed by atoms with Crippen molar-refractivity contribution in [1.82, 2.24) is 8.61 Å². The van der Waals surface area contributed by atoms with Gasteiger partial charge in [0.2, 0.25) is 20.0 Å². The zero-order valence-corrected chi connectivity index (χ0v) is 20.1. The Morgan fingerprint density at radius 3 is 2.00 bits per heavy atom. The van der Waals surface area contributed by atoms with Gasteiger partial charge in [0.15, 0.2) is 0 Å². The second-order valence-electron chi connectivity index (χ2n) is 7.75. The number of sulfonamides is 2. The molecule has 2 aliphatic heterocycles. The van der Waals surface area contributed by atoms with Gasteiger partial charge in [-0.3, -0.25) is 4.79 Å². The van der Waals surface area contributed by atoms with Crippen LogP contribution in [0.5, 0.6) is 0 Å². The summed E-state index contributed by atoms with van der Waals surface area (Å²) in [5, 5.41) is 2.74. The molecular weight excluding hydrogens is 490 g/mol. The molecule has 0 aromatic heterocycles. The molecule has 2 aliphatic rings. The van der Waals surface area contributed by atoms with Gasteiger partial charge in [0.1, 0.15) is 0 Å². The number of benzene rings is 2. The first-order chi connectivity index (χ1) is 15.7. The predicted molar refractivity (Wildman–Crippen MR) is 123 cm³/mol. The fourth-order valence-electron chi connectivity index (χ4n) is 3.76. The van der Waals surface area contributed by atoms with Gasteiger partial charge in [-0.1, -0.05) is 11.6 Å². The normalized spacial score (nSPS) is 18.3. The summed E-state index contributed by atoms with van der Waals surface area (Å²) < 4.78 is 59.1. The number of nitrogens with one attached hydrogen (secondary N) is 1. The lowest BCUT2D eigenvalue weighted by Gasteiger charge is -2.26. The molecule has 2 saturated heterocycles. The molecule has 0 unspecified atom stereocenters. The smallest absolute Gasteiger partial charge is 0.257 e. The summed E-state index contributed by atoms with van der Waals surface area (Å²) >= 11 is 6.18. The van der Waals surface area contributed by atoms with Crippen LogP contribution in [0.2, 0.25) is 5.02 Å². The summed E-state index contributed by atoms with van der Waals surface area (Å²) in [5.41, 5.74) is 0.359. The van der Waals surface area contributed by atoms with Crippen LogP contribution >= 0.6 is 11.6 Å². The highest BCUT2D eigenvalue weighted by Gasteiger charge is 2.28. The third kappa shape index (κ3) is 5.08. The number of anilines is 1. The topological polar surface area (TPSA) is 113 Å². The number of morpholine rings is 1. The predicted octanol–water partition coefficient (Wildman–Crippen LogP) is 2.40. The van der Waals surface area contributed by atoms with E-state index in [9.17, 15) is 21.6 Å². The fourth-order valence-corrected chi connectivity index (χ4v) is 6.92. The van der Waals surface area contributed by atoms with Crippen molar-refractivity contribution in [2.45, 2.75) is 22.6 Å². The highest BCUT2D eigenvalue weighted by molar-refractivity contribution is 7.89. The van der Waals surface area contributed by atoms with Gasteiger partial charge in [-0.2, -0.15) is 8.61 Å². The van der Waals surface area contributed by atoms with E-state index in [4.69, 9.17) is 16.3 Å². The van der Waals surface area contributed by atoms with Crippen LogP contribution in [0, 0.1) is 0 Å². The van der Waals surface area contributed by atoms with E-state index in [2.05, 4.69) is 5.32 Å². The second-order valence-corrected chi connectivity index (χ2v) is 12.0. The van der Waals surface area contributed by atoms with E-state index >= 15 is 0 Å². The Hall–Kier alpha value is -2.02. The van der Waals surface area contributed by atoms with Gasteiger partial charge in [-0.15, -0.1) is 0 Å². The van der Waals surface area contributed by atoms with Crippen LogP contribution in [-0.4, -0.2) is 70.7 Å². The van der Waals surface area contributed by atoms with E-state index in [1.54, 1.807) is 0 Å². The van der Waals surface area contributed by atoms with Crippen molar-refractivity contribution in [3.05, 3.63) is 53.1 Å². The number of nitrogens with zero attached hydrogens (tertiary/aromatic N) is 2. The quantitative estimate of drug-likeness (QED) is 0.634. The number of carbonyl (C=O) groups is 1. The molecule has 0 atom stereocenters. The number of amides is 1. The second kappa shape index (κ2) is 9.69. The minimum Gasteiger partial charge on any atom is -0.379 e. The van der Waals surface area contributed by atoms with Gasteiger partial charge in [0, 0.05) is 31.9 Å². The summed E-state index contributed by atoms with van der Waals surface area (Å²) in [4.78, 5) is 12.9. The van der Waals surface area contributed by atoms with E-state index in [0.29, 0.717) is 32.0 Å². The summed E-state index contributed by atoms with van der Waals surface area (Å²) in [6, 6.07) is 9.83. The SMILES string of the molecule is O=C(Nc1ccc(S(=O)(=O)N2CCCC2)cc1)c1cc(S(=O)(=O)N2CCOCC2)ccc1Cl. The molecule has 4 rings (SSSR count). The molecule has 2 fully saturated rings. The number of hydrogen-bond donors (Lipinski definition) is 1. The Balaban J connectivity index is 1.52. The van der Waals surface area contributed by atoms with E-state index < -0.39 is 26.0 Å². The molecule has 0 spiro atoms. The van der Waals surface area contributed by atoms with Crippen molar-refractivity contribution in [2.24, 2.45) is 0 Å². The third-order valence-electron chi connectivity index (χ3n) is 5.61. The van der Waals surface area contributed by atoms with Crippen LogP contribution in [0.3, 0.4) is 0 Å². The molecule has 1 amide bonds. The van der Waals surface area contributed by atoms with Crippen LogP contribution in [0.15, 0.2) is 52.3 Å². The average Bonchev–Trinajstić information content (AvgIpc) is 3.36. The largest absolute Gasteiger partial charge is 0.379 e. The molecule has 0 aliphatic carbocycles. The molecule has 2 aromatic carbocycles. The molecule has 9 nitrogen and oxygen atoms in total. The van der Waals surface area contributed by atoms with Crippen LogP contribution < -0.4 is 5.32 Å². The Labute approximate surface area is 198 Å².